The molecular weight excluding hydrogens is 347 g/mol. The normalized spacial score (nSPS) is 18.9. The SMILES string of the molecule is CC1(C)OB(C(=Cc2ccc3[nH]cc(C(=O)O)c(=O)c3c2)CN)OC1(C)C. The minimum Gasteiger partial charge on any atom is -0.477 e. The number of aromatic carboxylic acids is 1. The number of aromatic nitrogens is 1. The third kappa shape index (κ3) is 3.43. The summed E-state index contributed by atoms with van der Waals surface area (Å²) in [6.07, 6.45) is 3.02. The van der Waals surface area contributed by atoms with Crippen LogP contribution in [0.3, 0.4) is 0 Å². The first-order valence-corrected chi connectivity index (χ1v) is 8.70. The number of nitrogens with one attached hydrogen (secondary N) is 1. The van der Waals surface area contributed by atoms with Crippen molar-refractivity contribution in [1.82, 2.24) is 4.98 Å². The van der Waals surface area contributed by atoms with Gasteiger partial charge in [0.15, 0.2) is 0 Å². The molecule has 0 spiro atoms. The van der Waals surface area contributed by atoms with Gasteiger partial charge in [0.25, 0.3) is 0 Å². The van der Waals surface area contributed by atoms with E-state index in [9.17, 15) is 9.59 Å². The standard InChI is InChI=1S/C19H23BN2O5/c1-18(2)19(3,4)27-20(26-18)12(9-21)7-11-5-6-15-13(8-11)16(23)14(10-22-15)17(24)25/h5-8,10H,9,21H2,1-4H3,(H,22,23)(H,24,25). The molecule has 1 aromatic heterocycles. The van der Waals surface area contributed by atoms with Gasteiger partial charge in [-0.25, -0.2) is 4.79 Å². The van der Waals surface area contributed by atoms with Crippen LogP contribution in [0, 0.1) is 0 Å². The molecule has 27 heavy (non-hydrogen) atoms. The molecule has 0 atom stereocenters. The molecule has 1 aromatic carbocycles. The van der Waals surface area contributed by atoms with E-state index in [1.165, 1.54) is 6.20 Å². The summed E-state index contributed by atoms with van der Waals surface area (Å²) < 4.78 is 12.1. The number of benzene rings is 1. The zero-order valence-corrected chi connectivity index (χ0v) is 15.8. The van der Waals surface area contributed by atoms with Crippen molar-refractivity contribution in [2.45, 2.75) is 38.9 Å². The number of nitrogens with two attached hydrogens (primary N) is 1. The maximum absolute atomic E-state index is 12.4. The molecule has 2 heterocycles. The predicted molar refractivity (Wildman–Crippen MR) is 105 cm³/mol. The lowest BCUT2D eigenvalue weighted by Gasteiger charge is -2.32. The Hall–Kier alpha value is -2.42. The molecule has 2 aromatic rings. The lowest BCUT2D eigenvalue weighted by molar-refractivity contribution is 0.00578. The average molecular weight is 370 g/mol. The van der Waals surface area contributed by atoms with E-state index in [-0.39, 0.29) is 12.1 Å². The molecule has 0 aliphatic carbocycles. The molecule has 0 bridgehead atoms. The molecule has 0 amide bonds. The van der Waals surface area contributed by atoms with Crippen molar-refractivity contribution >= 4 is 30.1 Å². The molecule has 4 N–H and O–H groups in total. The quantitative estimate of drug-likeness (QED) is 0.711. The van der Waals surface area contributed by atoms with E-state index in [0.29, 0.717) is 16.5 Å². The van der Waals surface area contributed by atoms with Gasteiger partial charge in [0, 0.05) is 23.6 Å². The van der Waals surface area contributed by atoms with Gasteiger partial charge in [-0.3, -0.25) is 4.79 Å². The molecule has 1 aliphatic rings. The highest BCUT2D eigenvalue weighted by molar-refractivity contribution is 6.55. The van der Waals surface area contributed by atoms with Crippen LogP contribution in [-0.4, -0.2) is 40.9 Å². The summed E-state index contributed by atoms with van der Waals surface area (Å²) >= 11 is 0. The summed E-state index contributed by atoms with van der Waals surface area (Å²) in [4.78, 5) is 26.4. The summed E-state index contributed by atoms with van der Waals surface area (Å²) in [5.41, 5.74) is 6.13. The first kappa shape index (κ1) is 19.3. The van der Waals surface area contributed by atoms with Crippen molar-refractivity contribution in [3.05, 3.63) is 51.2 Å². The van der Waals surface area contributed by atoms with Crippen molar-refractivity contribution in [3.63, 3.8) is 0 Å². The van der Waals surface area contributed by atoms with Crippen molar-refractivity contribution in [2.75, 3.05) is 6.54 Å². The van der Waals surface area contributed by atoms with Crippen LogP contribution in [-0.2, 0) is 9.31 Å². The summed E-state index contributed by atoms with van der Waals surface area (Å²) in [6, 6.07) is 5.19. The van der Waals surface area contributed by atoms with Gasteiger partial charge in [0.1, 0.15) is 5.56 Å². The molecule has 1 aliphatic heterocycles. The minimum absolute atomic E-state index is 0.223. The Morgan fingerprint density at radius 2 is 1.89 bits per heavy atom. The second-order valence-electron chi connectivity index (χ2n) is 7.65. The molecule has 3 rings (SSSR count). The van der Waals surface area contributed by atoms with Gasteiger partial charge >= 0.3 is 13.1 Å². The fourth-order valence-electron chi connectivity index (χ4n) is 2.92. The fraction of sp³-hybridized carbons (Fsp3) is 0.368. The highest BCUT2D eigenvalue weighted by Gasteiger charge is 2.52. The number of aromatic amines is 1. The molecule has 1 fully saturated rings. The number of hydrogen-bond donors (Lipinski definition) is 3. The lowest BCUT2D eigenvalue weighted by Crippen LogP contribution is -2.41. The number of pyridine rings is 1. The second kappa shape index (κ2) is 6.63. The Bertz CT molecular complexity index is 977. The van der Waals surface area contributed by atoms with Crippen LogP contribution < -0.4 is 11.2 Å². The van der Waals surface area contributed by atoms with Crippen LogP contribution in [0.4, 0.5) is 0 Å². The molecule has 0 radical (unpaired) electrons. The predicted octanol–water partition coefficient (Wildman–Crippen LogP) is 2.20. The number of carboxylic acid groups (broad SMARTS) is 1. The molecule has 0 unspecified atom stereocenters. The summed E-state index contributed by atoms with van der Waals surface area (Å²) in [5.74, 6) is -1.26. The number of hydrogen-bond acceptors (Lipinski definition) is 5. The molecule has 7 nitrogen and oxygen atoms in total. The van der Waals surface area contributed by atoms with Crippen molar-refractivity contribution in [3.8, 4) is 0 Å². The van der Waals surface area contributed by atoms with Gasteiger partial charge in [0.2, 0.25) is 5.43 Å². The zero-order chi connectivity index (χ0) is 20.0. The minimum atomic E-state index is -1.26. The molecule has 8 heteroatoms. The van der Waals surface area contributed by atoms with Crippen LogP contribution in [0.5, 0.6) is 0 Å². The maximum atomic E-state index is 12.4. The molecular formula is C19H23BN2O5. The van der Waals surface area contributed by atoms with Crippen LogP contribution in [0.15, 0.2) is 34.7 Å². The number of carboxylic acids is 1. The van der Waals surface area contributed by atoms with E-state index in [2.05, 4.69) is 4.98 Å². The van der Waals surface area contributed by atoms with Crippen molar-refractivity contribution < 1.29 is 19.2 Å². The largest absolute Gasteiger partial charge is 0.491 e. The first-order chi connectivity index (χ1) is 12.6. The van der Waals surface area contributed by atoms with Gasteiger partial charge < -0.3 is 25.1 Å². The summed E-state index contributed by atoms with van der Waals surface area (Å²) in [7, 11) is -0.584. The van der Waals surface area contributed by atoms with Gasteiger partial charge in [0.05, 0.1) is 11.2 Å². The second-order valence-corrected chi connectivity index (χ2v) is 7.65. The first-order valence-electron chi connectivity index (χ1n) is 8.70. The smallest absolute Gasteiger partial charge is 0.477 e. The Morgan fingerprint density at radius 1 is 1.26 bits per heavy atom. The van der Waals surface area contributed by atoms with E-state index in [0.717, 1.165) is 5.47 Å². The van der Waals surface area contributed by atoms with E-state index >= 15 is 0 Å². The Kier molecular flexibility index (Phi) is 4.75. The Morgan fingerprint density at radius 3 is 2.44 bits per heavy atom. The number of fused-ring (bicyclic) bond motifs is 1. The molecule has 142 valence electrons. The third-order valence-electron chi connectivity index (χ3n) is 5.28. The maximum Gasteiger partial charge on any atom is 0.491 e. The lowest BCUT2D eigenvalue weighted by atomic mass is 9.77. The van der Waals surface area contributed by atoms with E-state index in [4.69, 9.17) is 20.1 Å². The Balaban J connectivity index is 2.02. The van der Waals surface area contributed by atoms with Crippen LogP contribution in [0.2, 0.25) is 0 Å². The highest BCUT2D eigenvalue weighted by Crippen LogP contribution is 2.38. The summed E-state index contributed by atoms with van der Waals surface area (Å²) in [5, 5.41) is 9.44. The monoisotopic (exact) mass is 370 g/mol. The fourth-order valence-corrected chi connectivity index (χ4v) is 2.92. The van der Waals surface area contributed by atoms with Gasteiger partial charge in [-0.15, -0.1) is 0 Å². The van der Waals surface area contributed by atoms with E-state index < -0.39 is 29.7 Å². The average Bonchev–Trinajstić information content (AvgIpc) is 2.80. The number of rotatable bonds is 4. The number of H-pyrrole nitrogens is 1. The highest BCUT2D eigenvalue weighted by atomic mass is 16.7. The van der Waals surface area contributed by atoms with E-state index in [1.807, 2.05) is 39.8 Å². The van der Waals surface area contributed by atoms with Gasteiger partial charge in [-0.05, 0) is 50.9 Å². The van der Waals surface area contributed by atoms with Crippen molar-refractivity contribution in [1.29, 1.82) is 0 Å². The van der Waals surface area contributed by atoms with Crippen LogP contribution in [0.1, 0.15) is 43.6 Å². The van der Waals surface area contributed by atoms with Crippen molar-refractivity contribution in [2.24, 2.45) is 5.73 Å². The number of carbonyl (C=O) groups is 1. The third-order valence-corrected chi connectivity index (χ3v) is 5.28. The van der Waals surface area contributed by atoms with Gasteiger partial charge in [-0.1, -0.05) is 12.1 Å². The molecule has 1 saturated heterocycles. The Labute approximate surface area is 157 Å². The summed E-state index contributed by atoms with van der Waals surface area (Å²) in [6.45, 7) is 8.07. The van der Waals surface area contributed by atoms with E-state index in [1.54, 1.807) is 12.1 Å². The van der Waals surface area contributed by atoms with Gasteiger partial charge in [-0.2, -0.15) is 0 Å². The van der Waals surface area contributed by atoms with Crippen LogP contribution in [0.25, 0.3) is 17.0 Å². The topological polar surface area (TPSA) is 115 Å². The zero-order valence-electron chi connectivity index (χ0n) is 15.8. The van der Waals surface area contributed by atoms with Crippen LogP contribution >= 0.6 is 0 Å². The molecule has 0 saturated carbocycles.